The molecule has 144 valence electrons. The fourth-order valence-electron chi connectivity index (χ4n) is 3.22. The van der Waals surface area contributed by atoms with Gasteiger partial charge < -0.3 is 15.2 Å². The molecule has 9 heteroatoms. The van der Waals surface area contributed by atoms with Crippen LogP contribution >= 0.6 is 27.7 Å². The van der Waals surface area contributed by atoms with Crippen molar-refractivity contribution in [3.63, 3.8) is 0 Å². The predicted octanol–water partition coefficient (Wildman–Crippen LogP) is 3.29. The van der Waals surface area contributed by atoms with E-state index >= 15 is 0 Å². The standard InChI is InChI=1S/C19H17BrN4O3S/c1-3-28-19-22-18(26)15-11-6-4-5-7-13(11)21-17(24(15)23-19)10-8-12(20)16(25)14(9-10)27-2/h4-9,17H,3H2,1-2H3,(H2,22,23,25,26)/p+1/t17-/m1/s1. The van der Waals surface area contributed by atoms with Gasteiger partial charge in [-0.05, 0) is 50.6 Å². The highest BCUT2D eigenvalue weighted by Crippen LogP contribution is 2.39. The second-order valence-electron chi connectivity index (χ2n) is 6.13. The van der Waals surface area contributed by atoms with E-state index in [1.54, 1.807) is 16.8 Å². The van der Waals surface area contributed by atoms with Crippen LogP contribution in [0.2, 0.25) is 0 Å². The number of anilines is 1. The fraction of sp³-hybridized carbons (Fsp3) is 0.211. The summed E-state index contributed by atoms with van der Waals surface area (Å²) in [6.45, 7) is 2.00. The summed E-state index contributed by atoms with van der Waals surface area (Å²) < 4.78 is 7.48. The molecular formula is C19H18BrN4O3S+. The number of aromatic hydroxyl groups is 1. The van der Waals surface area contributed by atoms with Gasteiger partial charge in [-0.3, -0.25) is 9.78 Å². The van der Waals surface area contributed by atoms with Crippen LogP contribution in [-0.4, -0.2) is 28.1 Å². The zero-order valence-corrected chi connectivity index (χ0v) is 17.6. The summed E-state index contributed by atoms with van der Waals surface area (Å²) >= 11 is 4.84. The van der Waals surface area contributed by atoms with Gasteiger partial charge in [0.05, 0.1) is 22.8 Å². The molecule has 0 amide bonds. The first-order valence-electron chi connectivity index (χ1n) is 8.64. The predicted molar refractivity (Wildman–Crippen MR) is 111 cm³/mol. The van der Waals surface area contributed by atoms with Crippen molar-refractivity contribution in [3.05, 3.63) is 56.8 Å². The first-order chi connectivity index (χ1) is 13.5. The Morgan fingerprint density at radius 3 is 2.89 bits per heavy atom. The lowest BCUT2D eigenvalue weighted by atomic mass is 10.0. The van der Waals surface area contributed by atoms with Crippen LogP contribution in [0, 0.1) is 0 Å². The quantitative estimate of drug-likeness (QED) is 0.407. The topological polar surface area (TPSA) is 91.1 Å². The molecule has 0 fully saturated rings. The van der Waals surface area contributed by atoms with Crippen LogP contribution in [0.15, 0.2) is 50.8 Å². The molecule has 0 unspecified atom stereocenters. The molecule has 0 saturated heterocycles. The lowest BCUT2D eigenvalue weighted by molar-refractivity contribution is -0.759. The first-order valence-corrected chi connectivity index (χ1v) is 10.4. The second kappa shape index (κ2) is 7.48. The molecular weight excluding hydrogens is 444 g/mol. The molecule has 3 aromatic rings. The molecule has 1 aliphatic heterocycles. The minimum atomic E-state index is -0.450. The van der Waals surface area contributed by atoms with E-state index in [2.05, 4.69) is 31.3 Å². The van der Waals surface area contributed by atoms with Crippen molar-refractivity contribution in [2.75, 3.05) is 18.2 Å². The van der Waals surface area contributed by atoms with Gasteiger partial charge in [0, 0.05) is 10.7 Å². The number of methoxy groups -OCH3 is 1. The fourth-order valence-corrected chi connectivity index (χ4v) is 4.27. The Bertz CT molecular complexity index is 1120. The number of hydrogen-bond acceptors (Lipinski definition) is 6. The zero-order chi connectivity index (χ0) is 19.8. The number of fused-ring (bicyclic) bond motifs is 3. The normalized spacial score (nSPS) is 14.8. The van der Waals surface area contributed by atoms with Gasteiger partial charge in [0.1, 0.15) is 0 Å². The smallest absolute Gasteiger partial charge is 0.325 e. The number of nitrogens with zero attached hydrogens (tertiary/aromatic N) is 2. The van der Waals surface area contributed by atoms with E-state index in [0.717, 1.165) is 22.6 Å². The molecule has 2 heterocycles. The Balaban J connectivity index is 1.97. The minimum Gasteiger partial charge on any atom is -0.503 e. The maximum atomic E-state index is 12.9. The van der Waals surface area contributed by atoms with E-state index < -0.39 is 6.17 Å². The Kier molecular flexibility index (Phi) is 5.03. The molecule has 28 heavy (non-hydrogen) atoms. The average Bonchev–Trinajstić information content (AvgIpc) is 2.69. The third-order valence-electron chi connectivity index (χ3n) is 4.45. The Labute approximate surface area is 173 Å². The van der Waals surface area contributed by atoms with Gasteiger partial charge in [-0.15, -0.1) is 0 Å². The van der Waals surface area contributed by atoms with Gasteiger partial charge in [-0.25, -0.2) is 0 Å². The van der Waals surface area contributed by atoms with Crippen LogP contribution in [0.3, 0.4) is 0 Å². The van der Waals surface area contributed by atoms with Crippen molar-refractivity contribution < 1.29 is 14.5 Å². The van der Waals surface area contributed by atoms with E-state index in [-0.39, 0.29) is 11.3 Å². The van der Waals surface area contributed by atoms with Crippen molar-refractivity contribution in [1.29, 1.82) is 0 Å². The lowest BCUT2D eigenvalue weighted by Gasteiger charge is -2.23. The van der Waals surface area contributed by atoms with Crippen molar-refractivity contribution in [2.45, 2.75) is 18.2 Å². The first kappa shape index (κ1) is 18.8. The Hall–Kier alpha value is -2.52. The molecule has 0 bridgehead atoms. The molecule has 0 saturated carbocycles. The Morgan fingerprint density at radius 2 is 2.14 bits per heavy atom. The third-order valence-corrected chi connectivity index (χ3v) is 5.80. The summed E-state index contributed by atoms with van der Waals surface area (Å²) in [7, 11) is 1.49. The molecule has 2 aromatic carbocycles. The van der Waals surface area contributed by atoms with Gasteiger partial charge >= 0.3 is 11.3 Å². The number of aromatic nitrogens is 3. The number of hydrogen-bond donors (Lipinski definition) is 3. The van der Waals surface area contributed by atoms with E-state index in [9.17, 15) is 9.90 Å². The van der Waals surface area contributed by atoms with E-state index in [4.69, 9.17) is 4.74 Å². The summed E-state index contributed by atoms with van der Waals surface area (Å²) in [6, 6.07) is 11.1. The zero-order valence-electron chi connectivity index (χ0n) is 15.2. The van der Waals surface area contributed by atoms with Gasteiger partial charge in [-0.2, -0.15) is 0 Å². The average molecular weight is 462 g/mol. The van der Waals surface area contributed by atoms with Crippen LogP contribution < -0.4 is 20.3 Å². The van der Waals surface area contributed by atoms with Gasteiger partial charge in [0.2, 0.25) is 5.16 Å². The third kappa shape index (κ3) is 3.14. The maximum absolute atomic E-state index is 12.9. The Morgan fingerprint density at radius 1 is 1.36 bits per heavy atom. The van der Waals surface area contributed by atoms with Crippen LogP contribution in [0.1, 0.15) is 18.7 Å². The van der Waals surface area contributed by atoms with Gasteiger partial charge in [0.25, 0.3) is 6.17 Å². The summed E-state index contributed by atoms with van der Waals surface area (Å²) in [5.41, 5.74) is 2.68. The van der Waals surface area contributed by atoms with Crippen molar-refractivity contribution in [2.24, 2.45) is 0 Å². The van der Waals surface area contributed by atoms with Crippen molar-refractivity contribution in [1.82, 2.24) is 10.1 Å². The molecule has 1 aliphatic rings. The second-order valence-corrected chi connectivity index (χ2v) is 8.24. The molecule has 0 radical (unpaired) electrons. The molecule has 0 spiro atoms. The van der Waals surface area contributed by atoms with Crippen molar-refractivity contribution >= 4 is 33.4 Å². The molecule has 0 aliphatic carbocycles. The highest BCUT2D eigenvalue weighted by atomic mass is 79.9. The number of nitrogens with one attached hydrogen (secondary N) is 2. The van der Waals surface area contributed by atoms with Crippen molar-refractivity contribution in [3.8, 4) is 22.8 Å². The molecule has 1 atom stereocenters. The van der Waals surface area contributed by atoms with Gasteiger partial charge in [0.15, 0.2) is 11.5 Å². The summed E-state index contributed by atoms with van der Waals surface area (Å²) in [5, 5.41) is 18.8. The highest BCUT2D eigenvalue weighted by molar-refractivity contribution is 9.10. The van der Waals surface area contributed by atoms with E-state index in [1.807, 2.05) is 31.2 Å². The summed E-state index contributed by atoms with van der Waals surface area (Å²) in [5.74, 6) is 1.14. The summed E-state index contributed by atoms with van der Waals surface area (Å²) in [4.78, 5) is 15.8. The highest BCUT2D eigenvalue weighted by Gasteiger charge is 2.38. The molecule has 4 rings (SSSR count). The summed E-state index contributed by atoms with van der Waals surface area (Å²) in [6.07, 6.45) is -0.450. The molecule has 3 N–H and O–H groups in total. The number of ether oxygens (including phenoxy) is 1. The lowest BCUT2D eigenvalue weighted by Crippen LogP contribution is -2.55. The number of aromatic amines is 1. The van der Waals surface area contributed by atoms with Crippen LogP contribution in [0.25, 0.3) is 11.3 Å². The number of thioether (sulfide) groups is 1. The van der Waals surface area contributed by atoms with Crippen LogP contribution in [-0.2, 0) is 0 Å². The van der Waals surface area contributed by atoms with E-state index in [1.165, 1.54) is 18.9 Å². The number of para-hydroxylation sites is 1. The molecule has 7 nitrogen and oxygen atoms in total. The number of benzene rings is 2. The number of halogens is 1. The maximum Gasteiger partial charge on any atom is 0.325 e. The molecule has 1 aromatic heterocycles. The van der Waals surface area contributed by atoms with Crippen LogP contribution in [0.5, 0.6) is 11.5 Å². The monoisotopic (exact) mass is 461 g/mol. The number of phenolic OH excluding ortho intramolecular Hbond substituents is 1. The number of phenols is 1. The van der Waals surface area contributed by atoms with Gasteiger partial charge in [-0.1, -0.05) is 30.8 Å². The van der Waals surface area contributed by atoms with E-state index in [0.29, 0.717) is 21.1 Å². The largest absolute Gasteiger partial charge is 0.503 e. The SMILES string of the molecule is CCSc1n[n+]2c(c(=O)[nH]1)-c1ccccc1N[C@H]2c1cc(Br)c(O)c(OC)c1. The van der Waals surface area contributed by atoms with Crippen LogP contribution in [0.4, 0.5) is 5.69 Å². The number of rotatable bonds is 4. The minimum absolute atomic E-state index is 0.0220. The number of H-pyrrole nitrogens is 1.